The van der Waals surface area contributed by atoms with Crippen LogP contribution in [-0.4, -0.2) is 30.5 Å². The molecule has 0 bridgehead atoms. The first kappa shape index (κ1) is 21.6. The lowest BCUT2D eigenvalue weighted by molar-refractivity contribution is -0.485. The molecule has 1 N–H and O–H groups in total. The largest absolute Gasteiger partial charge is 0.467 e. The van der Waals surface area contributed by atoms with Gasteiger partial charge in [0.2, 0.25) is 12.5 Å². The van der Waals surface area contributed by atoms with Crippen molar-refractivity contribution in [2.45, 2.75) is 32.2 Å². The molecule has 0 aliphatic rings. The Labute approximate surface area is 167 Å². The number of esters is 1. The summed E-state index contributed by atoms with van der Waals surface area (Å²) < 4.78 is 5.07. The van der Waals surface area contributed by atoms with Crippen LogP contribution in [0.5, 0.6) is 0 Å². The van der Waals surface area contributed by atoms with E-state index in [4.69, 9.17) is 4.74 Å². The summed E-state index contributed by atoms with van der Waals surface area (Å²) in [6.07, 6.45) is 0. The maximum absolute atomic E-state index is 13.2. The van der Waals surface area contributed by atoms with E-state index in [-0.39, 0.29) is 0 Å². The molecule has 0 spiro atoms. The van der Waals surface area contributed by atoms with E-state index in [0.717, 1.165) is 0 Å². The van der Waals surface area contributed by atoms with Crippen molar-refractivity contribution < 1.29 is 19.2 Å². The van der Waals surface area contributed by atoms with Crippen LogP contribution < -0.4 is 5.32 Å². The molecule has 1 aromatic heterocycles. The number of nitrogens with zero attached hydrogens (tertiary/aromatic N) is 1. The fraction of sp³-hybridized carbons (Fsp3) is 0.400. The average molecular weight is 404 g/mol. The molecular formula is C20H24N2O5S. The smallest absolute Gasteiger partial charge is 0.337 e. The average Bonchev–Trinajstić information content (AvgIpc) is 3.17. The van der Waals surface area contributed by atoms with Crippen LogP contribution >= 0.6 is 11.3 Å². The van der Waals surface area contributed by atoms with Crippen molar-refractivity contribution in [3.8, 4) is 0 Å². The number of thiophene rings is 1. The van der Waals surface area contributed by atoms with Gasteiger partial charge in [0.1, 0.15) is 0 Å². The zero-order valence-corrected chi connectivity index (χ0v) is 17.1. The van der Waals surface area contributed by atoms with E-state index in [1.54, 1.807) is 68.6 Å². The predicted octanol–water partition coefficient (Wildman–Crippen LogP) is 3.34. The van der Waals surface area contributed by atoms with Crippen molar-refractivity contribution in [1.82, 2.24) is 5.32 Å². The van der Waals surface area contributed by atoms with Crippen LogP contribution in [0.4, 0.5) is 0 Å². The molecular weight excluding hydrogens is 380 g/mol. The number of ether oxygens (including phenoxy) is 1. The predicted molar refractivity (Wildman–Crippen MR) is 107 cm³/mol. The van der Waals surface area contributed by atoms with Crippen LogP contribution in [0.15, 0.2) is 47.8 Å². The maximum Gasteiger partial charge on any atom is 0.337 e. The summed E-state index contributed by atoms with van der Waals surface area (Å²) in [6, 6.07) is 12.0. The summed E-state index contributed by atoms with van der Waals surface area (Å²) in [4.78, 5) is 37.8. The second-order valence-corrected chi connectivity index (χ2v) is 8.43. The molecule has 1 heterocycles. The fourth-order valence-electron chi connectivity index (χ4n) is 2.98. The highest BCUT2D eigenvalue weighted by Crippen LogP contribution is 2.41. The molecule has 0 aliphatic carbocycles. The van der Waals surface area contributed by atoms with Gasteiger partial charge in [-0.1, -0.05) is 57.2 Å². The number of hydrogen-bond acceptors (Lipinski definition) is 6. The molecule has 0 radical (unpaired) electrons. The third-order valence-electron chi connectivity index (χ3n) is 4.47. The van der Waals surface area contributed by atoms with Crippen LogP contribution in [0.2, 0.25) is 0 Å². The van der Waals surface area contributed by atoms with E-state index in [9.17, 15) is 19.7 Å². The topological polar surface area (TPSA) is 98.5 Å². The monoisotopic (exact) mass is 404 g/mol. The normalized spacial score (nSPS) is 14.6. The van der Waals surface area contributed by atoms with Crippen LogP contribution in [0.3, 0.4) is 0 Å². The molecule has 2 rings (SSSR count). The first-order chi connectivity index (χ1) is 13.1. The molecule has 28 heavy (non-hydrogen) atoms. The Morgan fingerprint density at radius 3 is 2.29 bits per heavy atom. The van der Waals surface area contributed by atoms with Gasteiger partial charge in [0.25, 0.3) is 0 Å². The third kappa shape index (κ3) is 4.39. The van der Waals surface area contributed by atoms with Crippen molar-refractivity contribution in [3.05, 3.63) is 68.4 Å². The first-order valence-corrected chi connectivity index (χ1v) is 9.62. The lowest BCUT2D eigenvalue weighted by atomic mass is 9.75. The summed E-state index contributed by atoms with van der Waals surface area (Å²) in [5.41, 5.74) is -2.12. The minimum atomic E-state index is -1.74. The van der Waals surface area contributed by atoms with Crippen molar-refractivity contribution >= 4 is 23.2 Å². The van der Waals surface area contributed by atoms with Gasteiger partial charge in [0.15, 0.2) is 5.54 Å². The first-order valence-electron chi connectivity index (χ1n) is 8.74. The minimum Gasteiger partial charge on any atom is -0.467 e. The van der Waals surface area contributed by atoms with E-state index in [1.165, 1.54) is 18.4 Å². The summed E-state index contributed by atoms with van der Waals surface area (Å²) in [6.45, 7) is 4.59. The zero-order chi connectivity index (χ0) is 20.9. The quantitative estimate of drug-likeness (QED) is 0.433. The highest BCUT2D eigenvalue weighted by Gasteiger charge is 2.53. The number of benzene rings is 1. The lowest BCUT2D eigenvalue weighted by Gasteiger charge is -2.39. The standard InChI is InChI=1S/C20H24N2O5S/c1-19(2,3)17(23)21-20(18(24)27-4,14-9-6-5-7-10-14)15(13-22(25)26)16-11-8-12-28-16/h5-12,15H,13H2,1-4H3,(H,21,23). The highest BCUT2D eigenvalue weighted by molar-refractivity contribution is 7.10. The zero-order valence-electron chi connectivity index (χ0n) is 16.3. The van der Waals surface area contributed by atoms with Gasteiger partial charge in [0, 0.05) is 15.2 Å². The number of carbonyl (C=O) groups excluding carboxylic acids is 2. The number of amides is 1. The summed E-state index contributed by atoms with van der Waals surface area (Å²) in [5.74, 6) is -2.10. The molecule has 8 heteroatoms. The van der Waals surface area contributed by atoms with Crippen LogP contribution in [0, 0.1) is 15.5 Å². The lowest BCUT2D eigenvalue weighted by Crippen LogP contribution is -2.59. The Morgan fingerprint density at radius 2 is 1.82 bits per heavy atom. The van der Waals surface area contributed by atoms with E-state index < -0.39 is 40.2 Å². The van der Waals surface area contributed by atoms with Crippen molar-refractivity contribution in [1.29, 1.82) is 0 Å². The number of hydrogen-bond donors (Lipinski definition) is 1. The number of nitrogens with one attached hydrogen (secondary N) is 1. The van der Waals surface area contributed by atoms with E-state index >= 15 is 0 Å². The third-order valence-corrected chi connectivity index (χ3v) is 5.46. The molecule has 1 amide bonds. The Balaban J connectivity index is 2.78. The summed E-state index contributed by atoms with van der Waals surface area (Å²) >= 11 is 1.29. The molecule has 2 aromatic rings. The number of carbonyl (C=O) groups is 2. The highest BCUT2D eigenvalue weighted by atomic mass is 32.1. The van der Waals surface area contributed by atoms with E-state index in [1.807, 2.05) is 0 Å². The van der Waals surface area contributed by atoms with Crippen LogP contribution in [0.1, 0.15) is 37.1 Å². The Bertz CT molecular complexity index is 830. The van der Waals surface area contributed by atoms with Gasteiger partial charge in [-0.25, -0.2) is 4.79 Å². The van der Waals surface area contributed by atoms with Crippen LogP contribution in [0.25, 0.3) is 0 Å². The SMILES string of the molecule is COC(=O)C(NC(=O)C(C)(C)C)(c1ccccc1)C(C[N+](=O)[O-])c1cccs1. The number of nitro groups is 1. The minimum absolute atomic E-state index is 0.411. The van der Waals surface area contributed by atoms with Crippen molar-refractivity contribution in [2.75, 3.05) is 13.7 Å². The molecule has 2 unspecified atom stereocenters. The summed E-state index contributed by atoms with van der Waals surface area (Å²) in [7, 11) is 1.21. The molecule has 0 fully saturated rings. The fourth-order valence-corrected chi connectivity index (χ4v) is 3.87. The molecule has 1 aromatic carbocycles. The van der Waals surface area contributed by atoms with Gasteiger partial charge >= 0.3 is 5.97 Å². The Kier molecular flexibility index (Phi) is 6.56. The van der Waals surface area contributed by atoms with Gasteiger partial charge in [-0.05, 0) is 17.0 Å². The van der Waals surface area contributed by atoms with Crippen molar-refractivity contribution in [2.24, 2.45) is 5.41 Å². The maximum atomic E-state index is 13.2. The Hall–Kier alpha value is -2.74. The van der Waals surface area contributed by atoms with Crippen LogP contribution in [-0.2, 0) is 19.9 Å². The molecule has 7 nitrogen and oxygen atoms in total. The van der Waals surface area contributed by atoms with Gasteiger partial charge in [0.05, 0.1) is 13.0 Å². The number of rotatable bonds is 7. The van der Waals surface area contributed by atoms with Crippen molar-refractivity contribution in [3.63, 3.8) is 0 Å². The summed E-state index contributed by atoms with van der Waals surface area (Å²) in [5, 5.41) is 16.1. The molecule has 0 aliphatic heterocycles. The molecule has 150 valence electrons. The second kappa shape index (κ2) is 8.52. The van der Waals surface area contributed by atoms with Gasteiger partial charge in [-0.15, -0.1) is 11.3 Å². The van der Waals surface area contributed by atoms with Gasteiger partial charge in [-0.2, -0.15) is 0 Å². The van der Waals surface area contributed by atoms with E-state index in [0.29, 0.717) is 10.4 Å². The van der Waals surface area contributed by atoms with E-state index in [2.05, 4.69) is 5.32 Å². The molecule has 0 saturated heterocycles. The second-order valence-electron chi connectivity index (χ2n) is 7.45. The van der Waals surface area contributed by atoms with Gasteiger partial charge in [-0.3, -0.25) is 14.9 Å². The Morgan fingerprint density at radius 1 is 1.18 bits per heavy atom. The van der Waals surface area contributed by atoms with Gasteiger partial charge < -0.3 is 10.1 Å². The number of methoxy groups -OCH3 is 1. The molecule has 2 atom stereocenters. The molecule has 0 saturated carbocycles.